The van der Waals surface area contributed by atoms with Crippen LogP contribution in [0.1, 0.15) is 72.6 Å². The fourth-order valence-electron chi connectivity index (χ4n) is 2.72. The average molecular weight is 285 g/mol. The highest BCUT2D eigenvalue weighted by Crippen LogP contribution is 2.31. The van der Waals surface area contributed by atoms with E-state index in [2.05, 4.69) is 24.3 Å². The van der Waals surface area contributed by atoms with Crippen molar-refractivity contribution in [3.05, 3.63) is 0 Å². The smallest absolute Gasteiger partial charge is 0.234 e. The lowest BCUT2D eigenvalue weighted by atomic mass is 9.77. The van der Waals surface area contributed by atoms with Gasteiger partial charge in [0.1, 0.15) is 5.41 Å². The van der Waals surface area contributed by atoms with Gasteiger partial charge in [-0.05, 0) is 25.7 Å². The van der Waals surface area contributed by atoms with Crippen LogP contribution in [0.3, 0.4) is 0 Å². The molecule has 0 bridgehead atoms. The minimum Gasteiger partial charge on any atom is -0.409 e. The predicted octanol–water partition coefficient (Wildman–Crippen LogP) is 3.01. The van der Waals surface area contributed by atoms with Gasteiger partial charge in [0.2, 0.25) is 5.91 Å². The highest BCUT2D eigenvalue weighted by atomic mass is 16.4. The van der Waals surface area contributed by atoms with Crippen LogP contribution >= 0.6 is 0 Å². The Kier molecular flexibility index (Phi) is 9.01. The van der Waals surface area contributed by atoms with E-state index in [1.807, 2.05) is 13.8 Å². The molecule has 0 aromatic rings. The number of nitrogens with zero attached hydrogens (tertiary/aromatic N) is 1. The molecule has 0 aromatic heterocycles. The van der Waals surface area contributed by atoms with E-state index in [0.717, 1.165) is 32.1 Å². The van der Waals surface area contributed by atoms with Gasteiger partial charge < -0.3 is 16.3 Å². The third-order valence-electron chi connectivity index (χ3n) is 3.85. The summed E-state index contributed by atoms with van der Waals surface area (Å²) in [4.78, 5) is 12.7. The largest absolute Gasteiger partial charge is 0.409 e. The van der Waals surface area contributed by atoms with Gasteiger partial charge in [-0.2, -0.15) is 0 Å². The SMILES string of the molecule is CCCC(CC)NC(=O)C(CCC)(CCC)C(N)=NO. The minimum atomic E-state index is -0.876. The van der Waals surface area contributed by atoms with Crippen LogP contribution in [0.25, 0.3) is 0 Å². The molecule has 0 aliphatic rings. The van der Waals surface area contributed by atoms with Crippen molar-refractivity contribution in [3.63, 3.8) is 0 Å². The first kappa shape index (κ1) is 18.7. The van der Waals surface area contributed by atoms with E-state index in [4.69, 9.17) is 10.9 Å². The molecule has 0 saturated carbocycles. The van der Waals surface area contributed by atoms with Crippen molar-refractivity contribution < 1.29 is 10.0 Å². The van der Waals surface area contributed by atoms with Crippen molar-refractivity contribution in [3.8, 4) is 0 Å². The molecule has 1 atom stereocenters. The Bertz CT molecular complexity index is 310. The number of nitrogens with two attached hydrogens (primary N) is 1. The maximum Gasteiger partial charge on any atom is 0.234 e. The summed E-state index contributed by atoms with van der Waals surface area (Å²) in [6.07, 6.45) is 5.70. The lowest BCUT2D eigenvalue weighted by Crippen LogP contribution is -2.52. The monoisotopic (exact) mass is 285 g/mol. The zero-order chi connectivity index (χ0) is 15.6. The Morgan fingerprint density at radius 2 is 1.75 bits per heavy atom. The summed E-state index contributed by atoms with van der Waals surface area (Å²) in [7, 11) is 0. The van der Waals surface area contributed by atoms with E-state index in [-0.39, 0.29) is 17.8 Å². The average Bonchev–Trinajstić information content (AvgIpc) is 2.45. The number of carbonyl (C=O) groups excluding carboxylic acids is 1. The number of amidine groups is 1. The Hall–Kier alpha value is -1.26. The van der Waals surface area contributed by atoms with Gasteiger partial charge in [-0.25, -0.2) is 0 Å². The fraction of sp³-hybridized carbons (Fsp3) is 0.867. The molecule has 1 amide bonds. The van der Waals surface area contributed by atoms with Crippen molar-refractivity contribution in [1.82, 2.24) is 5.32 Å². The second kappa shape index (κ2) is 9.61. The number of hydrogen-bond donors (Lipinski definition) is 3. The Morgan fingerprint density at radius 1 is 1.20 bits per heavy atom. The molecule has 5 nitrogen and oxygen atoms in total. The van der Waals surface area contributed by atoms with Gasteiger partial charge in [0.05, 0.1) is 0 Å². The zero-order valence-corrected chi connectivity index (χ0v) is 13.4. The second-order valence-electron chi connectivity index (χ2n) is 5.43. The first-order chi connectivity index (χ1) is 9.52. The number of oxime groups is 1. The third-order valence-corrected chi connectivity index (χ3v) is 3.85. The topological polar surface area (TPSA) is 87.7 Å². The molecule has 0 aromatic carbocycles. The maximum absolute atomic E-state index is 12.7. The first-order valence-corrected chi connectivity index (χ1v) is 7.81. The Balaban J connectivity index is 5.22. The summed E-state index contributed by atoms with van der Waals surface area (Å²) in [5.41, 5.74) is 4.98. The molecule has 0 spiro atoms. The molecular formula is C15H31N3O2. The van der Waals surface area contributed by atoms with Crippen molar-refractivity contribution in [2.45, 2.75) is 78.7 Å². The third kappa shape index (κ3) is 4.69. The van der Waals surface area contributed by atoms with Gasteiger partial charge in [-0.1, -0.05) is 52.1 Å². The highest BCUT2D eigenvalue weighted by Gasteiger charge is 2.41. The van der Waals surface area contributed by atoms with Crippen LogP contribution in [0.2, 0.25) is 0 Å². The van der Waals surface area contributed by atoms with E-state index in [0.29, 0.717) is 12.8 Å². The van der Waals surface area contributed by atoms with E-state index < -0.39 is 5.41 Å². The molecule has 0 saturated heterocycles. The van der Waals surface area contributed by atoms with Gasteiger partial charge in [0.15, 0.2) is 5.84 Å². The van der Waals surface area contributed by atoms with Crippen molar-refractivity contribution >= 4 is 11.7 Å². The van der Waals surface area contributed by atoms with Crippen molar-refractivity contribution in [1.29, 1.82) is 0 Å². The van der Waals surface area contributed by atoms with Crippen LogP contribution < -0.4 is 11.1 Å². The van der Waals surface area contributed by atoms with Crippen LogP contribution in [0, 0.1) is 5.41 Å². The number of hydrogen-bond acceptors (Lipinski definition) is 3. The van der Waals surface area contributed by atoms with Crippen LogP contribution in [-0.4, -0.2) is 23.0 Å². The lowest BCUT2D eigenvalue weighted by molar-refractivity contribution is -0.129. The summed E-state index contributed by atoms with van der Waals surface area (Å²) >= 11 is 0. The molecule has 0 aliphatic carbocycles. The number of nitrogens with one attached hydrogen (secondary N) is 1. The first-order valence-electron chi connectivity index (χ1n) is 7.81. The Labute approximate surface area is 123 Å². The maximum atomic E-state index is 12.7. The van der Waals surface area contributed by atoms with Crippen LogP contribution in [0.4, 0.5) is 0 Å². The quantitative estimate of drug-likeness (QED) is 0.249. The number of rotatable bonds is 10. The number of amides is 1. The van der Waals surface area contributed by atoms with E-state index >= 15 is 0 Å². The molecule has 5 heteroatoms. The van der Waals surface area contributed by atoms with Crippen molar-refractivity contribution in [2.24, 2.45) is 16.3 Å². The molecule has 0 radical (unpaired) electrons. The molecule has 20 heavy (non-hydrogen) atoms. The van der Waals surface area contributed by atoms with Crippen LogP contribution in [0.15, 0.2) is 5.16 Å². The highest BCUT2D eigenvalue weighted by molar-refractivity contribution is 6.06. The van der Waals surface area contributed by atoms with Gasteiger partial charge in [0, 0.05) is 6.04 Å². The molecule has 4 N–H and O–H groups in total. The molecule has 1 unspecified atom stereocenters. The van der Waals surface area contributed by atoms with Crippen LogP contribution in [0.5, 0.6) is 0 Å². The van der Waals surface area contributed by atoms with Crippen molar-refractivity contribution in [2.75, 3.05) is 0 Å². The fourth-order valence-corrected chi connectivity index (χ4v) is 2.72. The molecule has 0 aliphatic heterocycles. The van der Waals surface area contributed by atoms with E-state index in [1.165, 1.54) is 0 Å². The van der Waals surface area contributed by atoms with Gasteiger partial charge in [-0.3, -0.25) is 4.79 Å². The molecular weight excluding hydrogens is 254 g/mol. The minimum absolute atomic E-state index is 0.0325. The molecule has 0 rings (SSSR count). The summed E-state index contributed by atoms with van der Waals surface area (Å²) in [6, 6.07) is 0.159. The predicted molar refractivity (Wildman–Crippen MR) is 82.8 cm³/mol. The molecule has 0 fully saturated rings. The summed E-state index contributed by atoms with van der Waals surface area (Å²) in [6.45, 7) is 8.17. The lowest BCUT2D eigenvalue weighted by Gasteiger charge is -2.32. The van der Waals surface area contributed by atoms with E-state index in [9.17, 15) is 4.79 Å². The number of carbonyl (C=O) groups is 1. The summed E-state index contributed by atoms with van der Waals surface area (Å²) < 4.78 is 0. The van der Waals surface area contributed by atoms with Gasteiger partial charge >= 0.3 is 0 Å². The van der Waals surface area contributed by atoms with Crippen LogP contribution in [-0.2, 0) is 4.79 Å². The summed E-state index contributed by atoms with van der Waals surface area (Å²) in [5, 5.41) is 15.3. The van der Waals surface area contributed by atoms with E-state index in [1.54, 1.807) is 0 Å². The van der Waals surface area contributed by atoms with Gasteiger partial charge in [0.25, 0.3) is 0 Å². The Morgan fingerprint density at radius 3 is 2.10 bits per heavy atom. The molecule has 118 valence electrons. The molecule has 0 heterocycles. The summed E-state index contributed by atoms with van der Waals surface area (Å²) in [5.74, 6) is -0.0677. The standard InChI is InChI=1S/C15H31N3O2/c1-5-9-12(8-4)17-14(19)15(10-6-2,11-7-3)13(16)18-20/h12,20H,5-11H2,1-4H3,(H2,16,18)(H,17,19). The second-order valence-corrected chi connectivity index (χ2v) is 5.43. The normalized spacial score (nSPS) is 14.1. The van der Waals surface area contributed by atoms with Gasteiger partial charge in [-0.15, -0.1) is 0 Å². The zero-order valence-electron chi connectivity index (χ0n) is 13.4.